The Morgan fingerprint density at radius 3 is 2.53 bits per heavy atom. The second-order valence-corrected chi connectivity index (χ2v) is 9.28. The van der Waals surface area contributed by atoms with E-state index in [1.54, 1.807) is 13.3 Å². The fourth-order valence-electron chi connectivity index (χ4n) is 4.42. The molecule has 0 amide bonds. The zero-order valence-electron chi connectivity index (χ0n) is 21.8. The van der Waals surface area contributed by atoms with Crippen LogP contribution in [0, 0.1) is 11.3 Å². The van der Waals surface area contributed by atoms with E-state index in [2.05, 4.69) is 20.9 Å². The normalized spacial score (nSPS) is 13.3. The van der Waals surface area contributed by atoms with Gasteiger partial charge in [0, 0.05) is 38.9 Å². The van der Waals surface area contributed by atoms with Gasteiger partial charge in [0.15, 0.2) is 11.5 Å². The Morgan fingerprint density at radius 2 is 1.82 bits per heavy atom. The van der Waals surface area contributed by atoms with E-state index in [1.807, 2.05) is 67.7 Å². The van der Waals surface area contributed by atoms with Crippen molar-refractivity contribution < 1.29 is 14.2 Å². The van der Waals surface area contributed by atoms with Crippen LogP contribution in [0.1, 0.15) is 22.3 Å². The Morgan fingerprint density at radius 1 is 1.00 bits per heavy atom. The summed E-state index contributed by atoms with van der Waals surface area (Å²) in [6.07, 6.45) is 4.13. The minimum absolute atomic E-state index is 0.379. The van der Waals surface area contributed by atoms with Gasteiger partial charge in [-0.05, 0) is 41.8 Å². The van der Waals surface area contributed by atoms with E-state index < -0.39 is 0 Å². The molecule has 1 aliphatic heterocycles. The molecule has 9 heteroatoms. The van der Waals surface area contributed by atoms with Crippen molar-refractivity contribution >= 4 is 22.7 Å². The second kappa shape index (κ2) is 11.3. The van der Waals surface area contributed by atoms with E-state index >= 15 is 0 Å². The first-order chi connectivity index (χ1) is 18.6. The van der Waals surface area contributed by atoms with Crippen molar-refractivity contribution in [3.8, 4) is 17.6 Å². The number of fused-ring (bicyclic) bond motifs is 1. The quantitative estimate of drug-likeness (QED) is 0.349. The molecule has 2 aromatic heterocycles. The molecule has 2 aromatic carbocycles. The molecule has 38 heavy (non-hydrogen) atoms. The molecule has 0 bridgehead atoms. The van der Waals surface area contributed by atoms with E-state index in [-0.39, 0.29) is 0 Å². The number of hydrogen-bond donors (Lipinski definition) is 0. The molecule has 4 aromatic rings. The minimum Gasteiger partial charge on any atom is -0.493 e. The largest absolute Gasteiger partial charge is 0.493 e. The summed E-state index contributed by atoms with van der Waals surface area (Å²) < 4.78 is 17.1. The van der Waals surface area contributed by atoms with E-state index in [9.17, 15) is 5.26 Å². The van der Waals surface area contributed by atoms with Gasteiger partial charge >= 0.3 is 0 Å². The maximum Gasteiger partial charge on any atom is 0.161 e. The average molecular weight is 511 g/mol. The smallest absolute Gasteiger partial charge is 0.161 e. The molecule has 0 N–H and O–H groups in total. The van der Waals surface area contributed by atoms with Gasteiger partial charge in [-0.1, -0.05) is 18.2 Å². The Balaban J connectivity index is 1.35. The van der Waals surface area contributed by atoms with E-state index in [1.165, 1.54) is 0 Å². The van der Waals surface area contributed by atoms with Gasteiger partial charge in [0.05, 0.1) is 37.6 Å². The highest BCUT2D eigenvalue weighted by molar-refractivity contribution is 5.83. The number of anilines is 2. The highest BCUT2D eigenvalue weighted by Gasteiger charge is 2.17. The van der Waals surface area contributed by atoms with Crippen LogP contribution in [0.5, 0.6) is 11.5 Å². The first kappa shape index (κ1) is 25.2. The zero-order chi connectivity index (χ0) is 26.5. The van der Waals surface area contributed by atoms with Gasteiger partial charge in [-0.25, -0.2) is 9.97 Å². The fourth-order valence-corrected chi connectivity index (χ4v) is 4.42. The molecular formula is C29H30N6O3. The zero-order valence-corrected chi connectivity index (χ0v) is 21.8. The van der Waals surface area contributed by atoms with Crippen LogP contribution in [-0.4, -0.2) is 62.5 Å². The molecule has 194 valence electrons. The van der Waals surface area contributed by atoms with Crippen molar-refractivity contribution in [1.29, 1.82) is 5.26 Å². The Labute approximate surface area is 222 Å². The van der Waals surface area contributed by atoms with Crippen molar-refractivity contribution in [3.05, 3.63) is 77.1 Å². The first-order valence-corrected chi connectivity index (χ1v) is 12.5. The SMILES string of the molecule is COc1cc(Cc2ccc3ncc(N4CCOCC4)nc3c2C#N)ccc1OCc1ccc(N(C)C)nc1. The molecular weight excluding hydrogens is 480 g/mol. The van der Waals surface area contributed by atoms with Gasteiger partial charge in [0.25, 0.3) is 0 Å². The molecule has 1 aliphatic rings. The number of benzene rings is 2. The monoisotopic (exact) mass is 510 g/mol. The van der Waals surface area contributed by atoms with Crippen LogP contribution >= 0.6 is 0 Å². The predicted octanol–water partition coefficient (Wildman–Crippen LogP) is 3.98. The number of aromatic nitrogens is 3. The Kier molecular flexibility index (Phi) is 7.52. The molecule has 0 unspecified atom stereocenters. The van der Waals surface area contributed by atoms with E-state index in [0.717, 1.165) is 41.4 Å². The lowest BCUT2D eigenvalue weighted by Crippen LogP contribution is -2.36. The van der Waals surface area contributed by atoms with Gasteiger partial charge in [0.1, 0.15) is 29.8 Å². The third kappa shape index (κ3) is 5.45. The molecule has 0 aliphatic carbocycles. The standard InChI is InChI=1S/C29H30N6O3/c1-34(2)27-9-5-21(17-32-27)19-38-25-8-4-20(15-26(25)36-3)14-22-6-7-24-29(23(22)16-30)33-28(18-31-24)35-10-12-37-13-11-35/h4-9,15,17-18H,10-14,19H2,1-3H3. The van der Waals surface area contributed by atoms with Gasteiger partial charge in [0.2, 0.25) is 0 Å². The van der Waals surface area contributed by atoms with Gasteiger partial charge in [-0.2, -0.15) is 5.26 Å². The summed E-state index contributed by atoms with van der Waals surface area (Å²) in [6.45, 7) is 3.21. The van der Waals surface area contributed by atoms with Gasteiger partial charge in [-0.3, -0.25) is 4.98 Å². The third-order valence-electron chi connectivity index (χ3n) is 6.52. The maximum atomic E-state index is 10.1. The highest BCUT2D eigenvalue weighted by atomic mass is 16.5. The van der Waals surface area contributed by atoms with Crippen LogP contribution in [0.2, 0.25) is 0 Å². The summed E-state index contributed by atoms with van der Waals surface area (Å²) in [5, 5.41) is 10.1. The molecule has 1 fully saturated rings. The summed E-state index contributed by atoms with van der Waals surface area (Å²) in [6, 6.07) is 16.0. The van der Waals surface area contributed by atoms with Crippen molar-refractivity contribution in [2.75, 3.05) is 57.3 Å². The summed E-state index contributed by atoms with van der Waals surface area (Å²) in [4.78, 5) is 17.9. The lowest BCUT2D eigenvalue weighted by Gasteiger charge is -2.27. The molecule has 1 saturated heterocycles. The van der Waals surface area contributed by atoms with Crippen LogP contribution in [0.15, 0.2) is 54.9 Å². The third-order valence-corrected chi connectivity index (χ3v) is 6.52. The van der Waals surface area contributed by atoms with Crippen molar-refractivity contribution in [2.45, 2.75) is 13.0 Å². The molecule has 0 spiro atoms. The Hall–Kier alpha value is -4.42. The van der Waals surface area contributed by atoms with Crippen molar-refractivity contribution in [1.82, 2.24) is 15.0 Å². The number of rotatable bonds is 8. The van der Waals surface area contributed by atoms with Crippen LogP contribution in [0.4, 0.5) is 11.6 Å². The van der Waals surface area contributed by atoms with E-state index in [4.69, 9.17) is 19.2 Å². The lowest BCUT2D eigenvalue weighted by atomic mass is 9.98. The number of methoxy groups -OCH3 is 1. The van der Waals surface area contributed by atoms with Gasteiger partial charge < -0.3 is 24.0 Å². The topological polar surface area (TPSA) is 96.6 Å². The Bertz CT molecular complexity index is 1460. The predicted molar refractivity (Wildman–Crippen MR) is 146 cm³/mol. The van der Waals surface area contributed by atoms with Gasteiger partial charge in [-0.15, -0.1) is 0 Å². The molecule has 3 heterocycles. The number of nitrogens with zero attached hydrogens (tertiary/aromatic N) is 6. The minimum atomic E-state index is 0.379. The second-order valence-electron chi connectivity index (χ2n) is 9.28. The van der Waals surface area contributed by atoms with Crippen molar-refractivity contribution in [2.24, 2.45) is 0 Å². The molecule has 0 saturated carbocycles. The van der Waals surface area contributed by atoms with Crippen LogP contribution in [0.25, 0.3) is 11.0 Å². The number of pyridine rings is 1. The van der Waals surface area contributed by atoms with Crippen LogP contribution in [-0.2, 0) is 17.8 Å². The van der Waals surface area contributed by atoms with Crippen LogP contribution < -0.4 is 19.3 Å². The number of morpholine rings is 1. The van der Waals surface area contributed by atoms with E-state index in [0.29, 0.717) is 54.3 Å². The molecule has 9 nitrogen and oxygen atoms in total. The molecule has 0 atom stereocenters. The summed E-state index contributed by atoms with van der Waals surface area (Å²) in [7, 11) is 5.54. The summed E-state index contributed by atoms with van der Waals surface area (Å²) >= 11 is 0. The number of hydrogen-bond acceptors (Lipinski definition) is 9. The fraction of sp³-hybridized carbons (Fsp3) is 0.310. The summed E-state index contributed by atoms with van der Waals surface area (Å²) in [5.74, 6) is 2.94. The molecule has 5 rings (SSSR count). The number of ether oxygens (including phenoxy) is 3. The lowest BCUT2D eigenvalue weighted by molar-refractivity contribution is 0.122. The summed E-state index contributed by atoms with van der Waals surface area (Å²) in [5.41, 5.74) is 4.72. The first-order valence-electron chi connectivity index (χ1n) is 12.5. The van der Waals surface area contributed by atoms with Crippen LogP contribution in [0.3, 0.4) is 0 Å². The molecule has 0 radical (unpaired) electrons. The average Bonchev–Trinajstić information content (AvgIpc) is 2.96. The highest BCUT2D eigenvalue weighted by Crippen LogP contribution is 2.31. The number of nitriles is 1. The van der Waals surface area contributed by atoms with Crippen molar-refractivity contribution in [3.63, 3.8) is 0 Å². The maximum absolute atomic E-state index is 10.1.